The lowest BCUT2D eigenvalue weighted by molar-refractivity contribution is 0.795. The van der Waals surface area contributed by atoms with Gasteiger partial charge >= 0.3 is 0 Å². The van der Waals surface area contributed by atoms with Gasteiger partial charge in [-0.25, -0.2) is 0 Å². The number of nitrogens with zero attached hydrogens (tertiary/aromatic N) is 1. The highest BCUT2D eigenvalue weighted by Crippen LogP contribution is 2.28. The van der Waals surface area contributed by atoms with Crippen molar-refractivity contribution in [2.45, 2.75) is 38.3 Å². The van der Waals surface area contributed by atoms with Crippen molar-refractivity contribution in [2.75, 3.05) is 0 Å². The molecule has 1 heterocycles. The van der Waals surface area contributed by atoms with Gasteiger partial charge in [0.1, 0.15) is 0 Å². The van der Waals surface area contributed by atoms with E-state index < -0.39 is 0 Å². The van der Waals surface area contributed by atoms with Crippen LogP contribution < -0.4 is 0 Å². The Labute approximate surface area is 112 Å². The van der Waals surface area contributed by atoms with Crippen LogP contribution in [0.3, 0.4) is 0 Å². The Morgan fingerprint density at radius 2 is 2.12 bits per heavy atom. The summed E-state index contributed by atoms with van der Waals surface area (Å²) in [4.78, 5) is 0. The van der Waals surface area contributed by atoms with Crippen LogP contribution >= 0.6 is 23.4 Å². The zero-order chi connectivity index (χ0) is 12.4. The fourth-order valence-electron chi connectivity index (χ4n) is 1.98. The summed E-state index contributed by atoms with van der Waals surface area (Å²) in [5.41, 5.74) is 2.68. The van der Waals surface area contributed by atoms with E-state index in [2.05, 4.69) is 43.7 Å². The zero-order valence-electron chi connectivity index (χ0n) is 10.5. The van der Waals surface area contributed by atoms with E-state index in [4.69, 9.17) is 11.6 Å². The molecule has 0 radical (unpaired) electrons. The van der Waals surface area contributed by atoms with Gasteiger partial charge in [-0.05, 0) is 35.9 Å². The van der Waals surface area contributed by atoms with Gasteiger partial charge in [0.2, 0.25) is 0 Å². The maximum Gasteiger partial charge on any atom is 0.0484 e. The highest BCUT2D eigenvalue weighted by Gasteiger charge is 2.08. The lowest BCUT2D eigenvalue weighted by Crippen LogP contribution is -1.90. The van der Waals surface area contributed by atoms with Gasteiger partial charge in [-0.3, -0.25) is 0 Å². The van der Waals surface area contributed by atoms with Crippen LogP contribution in [0.1, 0.15) is 26.3 Å². The van der Waals surface area contributed by atoms with Crippen LogP contribution in [0.25, 0.3) is 10.9 Å². The molecule has 0 atom stereocenters. The first-order chi connectivity index (χ1) is 8.11. The molecule has 0 N–H and O–H groups in total. The van der Waals surface area contributed by atoms with E-state index >= 15 is 0 Å². The number of rotatable bonds is 4. The van der Waals surface area contributed by atoms with Crippen LogP contribution in [0.2, 0.25) is 5.02 Å². The molecule has 0 aliphatic heterocycles. The van der Waals surface area contributed by atoms with Crippen molar-refractivity contribution in [1.29, 1.82) is 0 Å². The molecule has 0 aliphatic rings. The van der Waals surface area contributed by atoms with Gasteiger partial charge in [0.15, 0.2) is 0 Å². The van der Waals surface area contributed by atoms with Gasteiger partial charge in [-0.15, -0.1) is 0 Å². The molecule has 0 aliphatic carbocycles. The minimum Gasteiger partial charge on any atom is -0.347 e. The summed E-state index contributed by atoms with van der Waals surface area (Å²) in [7, 11) is 0. The van der Waals surface area contributed by atoms with E-state index in [9.17, 15) is 0 Å². The van der Waals surface area contributed by atoms with E-state index in [-0.39, 0.29) is 0 Å². The number of aromatic nitrogens is 1. The molecular formula is C14H18ClNS. The predicted molar refractivity (Wildman–Crippen MR) is 79.1 cm³/mol. The first kappa shape index (κ1) is 12.8. The maximum atomic E-state index is 6.09. The summed E-state index contributed by atoms with van der Waals surface area (Å²) >= 11 is 8.06. The molecule has 3 heteroatoms. The van der Waals surface area contributed by atoms with Crippen LogP contribution in [-0.2, 0) is 12.3 Å². The van der Waals surface area contributed by atoms with Crippen molar-refractivity contribution in [3.63, 3.8) is 0 Å². The number of halogens is 1. The molecule has 1 nitrogen and oxygen atoms in total. The molecule has 17 heavy (non-hydrogen) atoms. The van der Waals surface area contributed by atoms with Crippen molar-refractivity contribution in [1.82, 2.24) is 4.57 Å². The van der Waals surface area contributed by atoms with Crippen molar-refractivity contribution in [3.05, 3.63) is 35.0 Å². The molecule has 1 aromatic heterocycles. The Balaban J connectivity index is 2.43. The first-order valence-electron chi connectivity index (χ1n) is 6.00. The minimum atomic E-state index is 0.661. The molecule has 2 rings (SSSR count). The molecule has 0 saturated heterocycles. The van der Waals surface area contributed by atoms with Crippen molar-refractivity contribution in [3.8, 4) is 0 Å². The van der Waals surface area contributed by atoms with E-state index in [0.717, 1.165) is 17.3 Å². The quantitative estimate of drug-likeness (QED) is 0.758. The van der Waals surface area contributed by atoms with Gasteiger partial charge in [0, 0.05) is 34.4 Å². The fourth-order valence-corrected chi connectivity index (χ4v) is 2.89. The van der Waals surface area contributed by atoms with Gasteiger partial charge in [-0.1, -0.05) is 25.4 Å². The second kappa shape index (κ2) is 5.36. The SMILES string of the molecule is CCn1cc(CSC(C)C)c2cc(Cl)ccc21. The Hall–Kier alpha value is -0.600. The smallest absolute Gasteiger partial charge is 0.0484 e. The summed E-state index contributed by atoms with van der Waals surface area (Å²) in [6.45, 7) is 7.64. The average Bonchev–Trinajstić information content (AvgIpc) is 2.63. The molecule has 92 valence electrons. The topological polar surface area (TPSA) is 4.93 Å². The third-order valence-corrected chi connectivity index (χ3v) is 4.22. The largest absolute Gasteiger partial charge is 0.347 e. The molecule has 0 saturated carbocycles. The van der Waals surface area contributed by atoms with Crippen molar-refractivity contribution >= 4 is 34.3 Å². The van der Waals surface area contributed by atoms with Gasteiger partial charge in [0.25, 0.3) is 0 Å². The van der Waals surface area contributed by atoms with Crippen LogP contribution in [0, 0.1) is 0 Å². The molecule has 0 fully saturated rings. The molecule has 0 unspecified atom stereocenters. The Morgan fingerprint density at radius 1 is 1.35 bits per heavy atom. The molecule has 0 spiro atoms. The zero-order valence-corrected chi connectivity index (χ0v) is 12.1. The maximum absolute atomic E-state index is 6.09. The van der Waals surface area contributed by atoms with Crippen molar-refractivity contribution < 1.29 is 0 Å². The average molecular weight is 268 g/mol. The number of fused-ring (bicyclic) bond motifs is 1. The second-order valence-corrected chi connectivity index (χ2v) is 6.46. The van der Waals surface area contributed by atoms with Crippen LogP contribution in [0.4, 0.5) is 0 Å². The van der Waals surface area contributed by atoms with E-state index in [1.54, 1.807) is 0 Å². The van der Waals surface area contributed by atoms with Crippen LogP contribution in [0.5, 0.6) is 0 Å². The molecule has 2 aromatic rings. The Kier molecular flexibility index (Phi) is 4.05. The summed E-state index contributed by atoms with van der Waals surface area (Å²) in [6.07, 6.45) is 2.26. The monoisotopic (exact) mass is 267 g/mol. The molecule has 1 aromatic carbocycles. The van der Waals surface area contributed by atoms with Crippen molar-refractivity contribution in [2.24, 2.45) is 0 Å². The fraction of sp³-hybridized carbons (Fsp3) is 0.429. The number of hydrogen-bond acceptors (Lipinski definition) is 1. The van der Waals surface area contributed by atoms with E-state index in [1.807, 2.05) is 17.8 Å². The molecule has 0 amide bonds. The number of aryl methyl sites for hydroxylation is 1. The Morgan fingerprint density at radius 3 is 2.76 bits per heavy atom. The van der Waals surface area contributed by atoms with Gasteiger partial charge in [0.05, 0.1) is 0 Å². The summed E-state index contributed by atoms with van der Waals surface area (Å²) in [5.74, 6) is 1.06. The van der Waals surface area contributed by atoms with Gasteiger partial charge in [-0.2, -0.15) is 11.8 Å². The number of benzene rings is 1. The summed E-state index contributed by atoms with van der Waals surface area (Å²) in [5, 5.41) is 2.78. The van der Waals surface area contributed by atoms with Gasteiger partial charge < -0.3 is 4.57 Å². The lowest BCUT2D eigenvalue weighted by atomic mass is 10.2. The standard InChI is InChI=1S/C14H18ClNS/c1-4-16-8-11(9-17-10(2)3)13-7-12(15)5-6-14(13)16/h5-8,10H,4,9H2,1-3H3. The third kappa shape index (κ3) is 2.80. The molecular weight excluding hydrogens is 250 g/mol. The minimum absolute atomic E-state index is 0.661. The summed E-state index contributed by atoms with van der Waals surface area (Å²) < 4.78 is 2.29. The molecule has 0 bridgehead atoms. The predicted octanol–water partition coefficient (Wildman–Crippen LogP) is 4.96. The normalized spacial score (nSPS) is 11.6. The lowest BCUT2D eigenvalue weighted by Gasteiger charge is -2.03. The third-order valence-electron chi connectivity index (χ3n) is 2.84. The highest BCUT2D eigenvalue weighted by molar-refractivity contribution is 7.99. The first-order valence-corrected chi connectivity index (χ1v) is 7.43. The van der Waals surface area contributed by atoms with Crippen LogP contribution in [-0.4, -0.2) is 9.82 Å². The Bertz CT molecular complexity index is 516. The van der Waals surface area contributed by atoms with E-state index in [1.165, 1.54) is 16.5 Å². The summed E-state index contributed by atoms with van der Waals surface area (Å²) in [6, 6.07) is 6.17. The van der Waals surface area contributed by atoms with E-state index in [0.29, 0.717) is 5.25 Å². The second-order valence-electron chi connectivity index (χ2n) is 4.46. The van der Waals surface area contributed by atoms with Crippen LogP contribution in [0.15, 0.2) is 24.4 Å². The number of hydrogen-bond donors (Lipinski definition) is 0. The number of thioether (sulfide) groups is 1. The highest BCUT2D eigenvalue weighted by atomic mass is 35.5.